The Bertz CT molecular complexity index is 1230. The lowest BCUT2D eigenvalue weighted by Gasteiger charge is -2.19. The molecule has 0 fully saturated rings. The Morgan fingerprint density at radius 2 is 1.54 bits per heavy atom. The number of anilines is 2. The minimum Gasteiger partial charge on any atom is -0.465 e. The fourth-order valence-corrected chi connectivity index (χ4v) is 4.29. The van der Waals surface area contributed by atoms with Crippen LogP contribution in [0, 0.1) is 0 Å². The van der Waals surface area contributed by atoms with Crippen molar-refractivity contribution in [1.82, 2.24) is 20.9 Å². The number of aryl methyl sites for hydroxylation is 2. The van der Waals surface area contributed by atoms with Crippen molar-refractivity contribution in [2.75, 3.05) is 10.6 Å². The Labute approximate surface area is 216 Å². The zero-order valence-corrected chi connectivity index (χ0v) is 20.6. The molecule has 2 aromatic carbocycles. The van der Waals surface area contributed by atoms with Gasteiger partial charge in [-0.15, -0.1) is 0 Å². The first-order chi connectivity index (χ1) is 17.7. The van der Waals surface area contributed by atoms with Gasteiger partial charge in [0.2, 0.25) is 5.91 Å². The Kier molecular flexibility index (Phi) is 9.38. The largest absolute Gasteiger partial charge is 0.465 e. The van der Waals surface area contributed by atoms with Crippen LogP contribution in [0.4, 0.5) is 20.4 Å². The first-order valence-electron chi connectivity index (χ1n) is 11.1. The fourth-order valence-electron chi connectivity index (χ4n) is 3.31. The molecule has 0 aliphatic carbocycles. The van der Waals surface area contributed by atoms with Gasteiger partial charge in [-0.25, -0.2) is 14.6 Å². The summed E-state index contributed by atoms with van der Waals surface area (Å²) in [6, 6.07) is 16.4. The Hall–Kier alpha value is -4.65. The van der Waals surface area contributed by atoms with Crippen molar-refractivity contribution in [2.45, 2.75) is 32.6 Å². The summed E-state index contributed by atoms with van der Waals surface area (Å²) in [6.45, 7) is 1.73. The number of hydrogen-bond donors (Lipinski definition) is 7. The summed E-state index contributed by atoms with van der Waals surface area (Å²) in [6.07, 6.45) is -3.06. The number of rotatable bonds is 11. The molecular formula is C24H26N6O6S. The van der Waals surface area contributed by atoms with Crippen LogP contribution in [0.15, 0.2) is 54.6 Å². The van der Waals surface area contributed by atoms with E-state index >= 15 is 0 Å². The van der Waals surface area contributed by atoms with Crippen LogP contribution in [0.5, 0.6) is 0 Å². The van der Waals surface area contributed by atoms with E-state index < -0.39 is 18.5 Å². The van der Waals surface area contributed by atoms with E-state index in [0.29, 0.717) is 40.8 Å². The van der Waals surface area contributed by atoms with Crippen molar-refractivity contribution in [1.29, 1.82) is 0 Å². The number of amides is 4. The third kappa shape index (κ3) is 8.81. The molecule has 0 atom stereocenters. The standard InChI is InChI=1S/C24H26N6O6S/c1-14(31)26-22-28-18(19(37-22)20(32)25-13-16-5-3-2-4-6-16)12-9-15-7-10-17(11-8-15)27-21(29-23(33)34)30-24(35)36/h2-8,10-11,21,27,29-30H,9,12-13H2,1H3,(H,25,32)(H,33,34)(H,35,36)(H,26,28,31). The maximum absolute atomic E-state index is 12.9. The highest BCUT2D eigenvalue weighted by molar-refractivity contribution is 7.17. The van der Waals surface area contributed by atoms with E-state index in [1.54, 1.807) is 24.3 Å². The summed E-state index contributed by atoms with van der Waals surface area (Å²) in [4.78, 5) is 51.0. The molecule has 7 N–H and O–H groups in total. The van der Waals surface area contributed by atoms with E-state index in [4.69, 9.17) is 10.2 Å². The van der Waals surface area contributed by atoms with Gasteiger partial charge >= 0.3 is 12.2 Å². The molecule has 0 saturated carbocycles. The van der Waals surface area contributed by atoms with Crippen LogP contribution in [0.1, 0.15) is 33.4 Å². The van der Waals surface area contributed by atoms with Crippen molar-refractivity contribution in [3.05, 3.63) is 76.3 Å². The van der Waals surface area contributed by atoms with E-state index in [1.165, 1.54) is 6.92 Å². The van der Waals surface area contributed by atoms with Crippen LogP contribution in [-0.2, 0) is 24.2 Å². The first-order valence-corrected chi connectivity index (χ1v) is 11.9. The van der Waals surface area contributed by atoms with E-state index in [0.717, 1.165) is 22.5 Å². The highest BCUT2D eigenvalue weighted by Crippen LogP contribution is 2.25. The van der Waals surface area contributed by atoms with Gasteiger partial charge in [0, 0.05) is 19.2 Å². The Morgan fingerprint density at radius 1 is 0.892 bits per heavy atom. The molecule has 12 nitrogen and oxygen atoms in total. The summed E-state index contributed by atoms with van der Waals surface area (Å²) in [5.74, 6) is -0.567. The van der Waals surface area contributed by atoms with Crippen LogP contribution in [0.2, 0.25) is 0 Å². The zero-order chi connectivity index (χ0) is 26.8. The summed E-state index contributed by atoms with van der Waals surface area (Å²) in [5, 5.41) is 30.3. The Balaban J connectivity index is 1.66. The molecule has 4 amide bonds. The average molecular weight is 527 g/mol. The van der Waals surface area contributed by atoms with Gasteiger partial charge in [0.05, 0.1) is 5.69 Å². The summed E-state index contributed by atoms with van der Waals surface area (Å²) >= 11 is 1.11. The van der Waals surface area contributed by atoms with Crippen LogP contribution in [0.25, 0.3) is 0 Å². The summed E-state index contributed by atoms with van der Waals surface area (Å²) in [7, 11) is 0. The second-order valence-electron chi connectivity index (χ2n) is 7.82. The highest BCUT2D eigenvalue weighted by Gasteiger charge is 2.19. The van der Waals surface area contributed by atoms with Gasteiger partial charge in [-0.1, -0.05) is 53.8 Å². The van der Waals surface area contributed by atoms with Crippen molar-refractivity contribution in [3.63, 3.8) is 0 Å². The molecule has 1 heterocycles. The molecule has 1 aromatic heterocycles. The lowest BCUT2D eigenvalue weighted by atomic mass is 10.1. The van der Waals surface area contributed by atoms with Gasteiger partial charge in [0.25, 0.3) is 5.91 Å². The van der Waals surface area contributed by atoms with Crippen molar-refractivity contribution in [2.24, 2.45) is 0 Å². The van der Waals surface area contributed by atoms with Crippen LogP contribution >= 0.6 is 11.3 Å². The normalized spacial score (nSPS) is 10.4. The van der Waals surface area contributed by atoms with E-state index in [1.807, 2.05) is 41.0 Å². The smallest absolute Gasteiger partial charge is 0.407 e. The maximum atomic E-state index is 12.9. The molecule has 194 valence electrons. The lowest BCUT2D eigenvalue weighted by molar-refractivity contribution is -0.114. The van der Waals surface area contributed by atoms with Crippen LogP contribution < -0.4 is 26.6 Å². The molecule has 37 heavy (non-hydrogen) atoms. The number of aromatic nitrogens is 1. The van der Waals surface area contributed by atoms with Crippen LogP contribution in [0.3, 0.4) is 0 Å². The molecule has 0 bridgehead atoms. The monoisotopic (exact) mass is 526 g/mol. The summed E-state index contributed by atoms with van der Waals surface area (Å²) < 4.78 is 0. The molecule has 13 heteroatoms. The van der Waals surface area contributed by atoms with Gasteiger partial charge in [-0.3, -0.25) is 20.2 Å². The third-order valence-corrected chi connectivity index (χ3v) is 5.95. The predicted octanol–water partition coefficient (Wildman–Crippen LogP) is 3.05. The van der Waals surface area contributed by atoms with Gasteiger partial charge < -0.3 is 26.2 Å². The molecule has 3 aromatic rings. The molecule has 0 aliphatic rings. The number of nitrogens with one attached hydrogen (secondary N) is 5. The number of nitrogens with zero attached hydrogens (tertiary/aromatic N) is 1. The molecular weight excluding hydrogens is 500 g/mol. The second kappa shape index (κ2) is 12.9. The van der Waals surface area contributed by atoms with Crippen LogP contribution in [-0.4, -0.2) is 45.5 Å². The zero-order valence-electron chi connectivity index (χ0n) is 19.8. The van der Waals surface area contributed by atoms with E-state index in [2.05, 4.69) is 20.9 Å². The number of carboxylic acid groups (broad SMARTS) is 2. The minimum absolute atomic E-state index is 0.282. The predicted molar refractivity (Wildman–Crippen MR) is 138 cm³/mol. The second-order valence-corrected chi connectivity index (χ2v) is 8.82. The van der Waals surface area contributed by atoms with Crippen molar-refractivity contribution in [3.8, 4) is 0 Å². The Morgan fingerprint density at radius 3 is 2.14 bits per heavy atom. The first kappa shape index (κ1) is 26.9. The molecule has 3 rings (SSSR count). The molecule has 0 radical (unpaired) electrons. The number of carbonyl (C=O) groups excluding carboxylic acids is 2. The molecule has 0 saturated heterocycles. The number of carbonyl (C=O) groups is 4. The minimum atomic E-state index is -1.40. The summed E-state index contributed by atoms with van der Waals surface area (Å²) in [5.41, 5.74) is 2.90. The fraction of sp³-hybridized carbons (Fsp3) is 0.208. The number of hydrogen-bond acceptors (Lipinski definition) is 7. The van der Waals surface area contributed by atoms with E-state index in [-0.39, 0.29) is 11.8 Å². The number of thiazole rings is 1. The molecule has 0 aliphatic heterocycles. The van der Waals surface area contributed by atoms with Gasteiger partial charge in [-0.2, -0.15) is 0 Å². The molecule has 0 spiro atoms. The molecule has 0 unspecified atom stereocenters. The van der Waals surface area contributed by atoms with Gasteiger partial charge in [0.1, 0.15) is 4.88 Å². The average Bonchev–Trinajstić information content (AvgIpc) is 3.24. The lowest BCUT2D eigenvalue weighted by Crippen LogP contribution is -2.52. The third-order valence-electron chi connectivity index (χ3n) is 4.93. The topological polar surface area (TPSA) is 182 Å². The van der Waals surface area contributed by atoms with Crippen molar-refractivity contribution >= 4 is 46.2 Å². The van der Waals surface area contributed by atoms with Gasteiger partial charge in [-0.05, 0) is 36.1 Å². The number of benzene rings is 2. The van der Waals surface area contributed by atoms with E-state index in [9.17, 15) is 19.2 Å². The van der Waals surface area contributed by atoms with Crippen molar-refractivity contribution < 1.29 is 29.4 Å². The van der Waals surface area contributed by atoms with Gasteiger partial charge in [0.15, 0.2) is 11.4 Å². The quantitative estimate of drug-likeness (QED) is 0.186. The maximum Gasteiger partial charge on any atom is 0.407 e. The SMILES string of the molecule is CC(=O)Nc1nc(CCc2ccc(NC(NC(=O)O)NC(=O)O)cc2)c(C(=O)NCc2ccccc2)s1. The highest BCUT2D eigenvalue weighted by atomic mass is 32.1.